The SMILES string of the molecule is CCOC(=O)C1C(=O)/C(=C/c2c[nH]c3ncccc23)OC1=Nc1ccc(OCCCO)cc1C. The van der Waals surface area contributed by atoms with Crippen molar-refractivity contribution in [2.45, 2.75) is 20.3 Å². The Morgan fingerprint density at radius 2 is 2.21 bits per heavy atom. The third kappa shape index (κ3) is 4.84. The third-order valence-electron chi connectivity index (χ3n) is 5.23. The van der Waals surface area contributed by atoms with Crippen LogP contribution in [0.3, 0.4) is 0 Å². The van der Waals surface area contributed by atoms with Gasteiger partial charge in [0.05, 0.1) is 18.9 Å². The van der Waals surface area contributed by atoms with Crippen molar-refractivity contribution in [1.82, 2.24) is 9.97 Å². The van der Waals surface area contributed by atoms with Crippen molar-refractivity contribution in [2.75, 3.05) is 19.8 Å². The molecule has 2 aromatic heterocycles. The smallest absolute Gasteiger partial charge is 0.326 e. The number of aliphatic hydroxyl groups excluding tert-OH is 1. The van der Waals surface area contributed by atoms with E-state index in [-0.39, 0.29) is 24.9 Å². The molecular weight excluding hydrogens is 438 g/mol. The summed E-state index contributed by atoms with van der Waals surface area (Å²) >= 11 is 0. The van der Waals surface area contributed by atoms with Gasteiger partial charge in [-0.2, -0.15) is 0 Å². The molecule has 34 heavy (non-hydrogen) atoms. The van der Waals surface area contributed by atoms with Crippen LogP contribution in [0.25, 0.3) is 17.1 Å². The molecule has 0 bridgehead atoms. The summed E-state index contributed by atoms with van der Waals surface area (Å²) in [5, 5.41) is 9.72. The number of aryl methyl sites for hydroxylation is 1. The molecule has 3 heterocycles. The topological polar surface area (TPSA) is 123 Å². The van der Waals surface area contributed by atoms with Crippen LogP contribution in [0.4, 0.5) is 5.69 Å². The minimum Gasteiger partial charge on any atom is -0.493 e. The van der Waals surface area contributed by atoms with Crippen LogP contribution in [0, 0.1) is 12.8 Å². The Balaban J connectivity index is 1.67. The second-order valence-corrected chi connectivity index (χ2v) is 7.63. The third-order valence-corrected chi connectivity index (χ3v) is 5.23. The summed E-state index contributed by atoms with van der Waals surface area (Å²) in [7, 11) is 0. The number of hydrogen-bond donors (Lipinski definition) is 2. The van der Waals surface area contributed by atoms with Crippen LogP contribution >= 0.6 is 0 Å². The molecule has 9 nitrogen and oxygen atoms in total. The zero-order chi connectivity index (χ0) is 24.1. The van der Waals surface area contributed by atoms with Crippen molar-refractivity contribution < 1.29 is 28.9 Å². The van der Waals surface area contributed by atoms with Gasteiger partial charge in [-0.25, -0.2) is 9.98 Å². The number of nitrogens with one attached hydrogen (secondary N) is 1. The first kappa shape index (κ1) is 23.2. The van der Waals surface area contributed by atoms with Crippen molar-refractivity contribution in [3.05, 3.63) is 59.6 Å². The minimum atomic E-state index is -1.28. The summed E-state index contributed by atoms with van der Waals surface area (Å²) in [6.45, 7) is 4.08. The number of aromatic amines is 1. The Hall–Kier alpha value is -3.98. The number of allylic oxidation sites excluding steroid dienone is 1. The molecule has 1 aliphatic rings. The number of carbonyl (C=O) groups excluding carboxylic acids is 2. The number of Topliss-reactive ketones (excluding diaryl/α,β-unsaturated/α-hetero) is 1. The maximum absolute atomic E-state index is 13.1. The lowest BCUT2D eigenvalue weighted by atomic mass is 10.0. The molecule has 0 saturated carbocycles. The standard InChI is InChI=1S/C25H25N3O6/c1-3-32-25(31)21-22(30)20(13-16-14-27-23-18(16)6-4-9-26-23)34-24(21)28-19-8-7-17(12-15(19)2)33-11-5-10-29/h4,6-9,12-14,21,29H,3,5,10-11H2,1-2H3,(H,26,27)/b20-13-,28-24?. The highest BCUT2D eigenvalue weighted by molar-refractivity contribution is 6.27. The maximum atomic E-state index is 13.1. The monoisotopic (exact) mass is 463 g/mol. The number of pyridine rings is 1. The largest absolute Gasteiger partial charge is 0.493 e. The Morgan fingerprint density at radius 1 is 1.35 bits per heavy atom. The lowest BCUT2D eigenvalue weighted by molar-refractivity contribution is -0.147. The number of ketones is 1. The van der Waals surface area contributed by atoms with Crippen LogP contribution in [0.15, 0.2) is 53.5 Å². The van der Waals surface area contributed by atoms with E-state index in [9.17, 15) is 9.59 Å². The van der Waals surface area contributed by atoms with Crippen molar-refractivity contribution in [2.24, 2.45) is 10.9 Å². The van der Waals surface area contributed by atoms with Crippen LogP contribution in [-0.2, 0) is 19.1 Å². The first-order valence-electron chi connectivity index (χ1n) is 11.0. The van der Waals surface area contributed by atoms with Gasteiger partial charge in [0, 0.05) is 36.4 Å². The van der Waals surface area contributed by atoms with Gasteiger partial charge in [0.2, 0.25) is 11.7 Å². The van der Waals surface area contributed by atoms with E-state index in [1.54, 1.807) is 49.7 Å². The molecule has 1 saturated heterocycles. The lowest BCUT2D eigenvalue weighted by Crippen LogP contribution is -2.27. The predicted molar refractivity (Wildman–Crippen MR) is 126 cm³/mol. The average molecular weight is 463 g/mol. The average Bonchev–Trinajstić information content (AvgIpc) is 3.37. The number of carbonyl (C=O) groups is 2. The zero-order valence-corrected chi connectivity index (χ0v) is 18.9. The summed E-state index contributed by atoms with van der Waals surface area (Å²) in [4.78, 5) is 37.5. The first-order chi connectivity index (χ1) is 16.5. The molecule has 4 rings (SSSR count). The summed E-state index contributed by atoms with van der Waals surface area (Å²) in [6, 6.07) is 8.91. The molecule has 1 unspecified atom stereocenters. The molecular formula is C25H25N3O6. The van der Waals surface area contributed by atoms with Gasteiger partial charge in [-0.3, -0.25) is 9.59 Å². The molecule has 0 radical (unpaired) electrons. The van der Waals surface area contributed by atoms with Crippen LogP contribution in [0.1, 0.15) is 24.5 Å². The Kier molecular flexibility index (Phi) is 7.03. The summed E-state index contributed by atoms with van der Waals surface area (Å²) in [5.74, 6) is -1.91. The quantitative estimate of drug-likeness (QED) is 0.227. The van der Waals surface area contributed by atoms with Crippen molar-refractivity contribution >= 4 is 40.4 Å². The van der Waals surface area contributed by atoms with Gasteiger partial charge >= 0.3 is 5.97 Å². The van der Waals surface area contributed by atoms with Gasteiger partial charge < -0.3 is 24.3 Å². The molecule has 1 fully saturated rings. The van der Waals surface area contributed by atoms with E-state index in [1.165, 1.54) is 0 Å². The molecule has 3 aromatic rings. The fourth-order valence-electron chi connectivity index (χ4n) is 3.55. The number of esters is 1. The molecule has 9 heteroatoms. The molecule has 0 spiro atoms. The maximum Gasteiger partial charge on any atom is 0.326 e. The van der Waals surface area contributed by atoms with E-state index >= 15 is 0 Å². The van der Waals surface area contributed by atoms with Gasteiger partial charge in [0.1, 0.15) is 11.4 Å². The fourth-order valence-corrected chi connectivity index (χ4v) is 3.55. The molecule has 0 amide bonds. The van der Waals surface area contributed by atoms with Gasteiger partial charge in [-0.1, -0.05) is 0 Å². The van der Waals surface area contributed by atoms with Crippen LogP contribution < -0.4 is 4.74 Å². The Bertz CT molecular complexity index is 1280. The second kappa shape index (κ2) is 10.3. The van der Waals surface area contributed by atoms with Gasteiger partial charge in [-0.05, 0) is 55.8 Å². The van der Waals surface area contributed by atoms with E-state index in [1.807, 2.05) is 13.0 Å². The molecule has 1 aliphatic heterocycles. The van der Waals surface area contributed by atoms with Crippen LogP contribution in [0.2, 0.25) is 0 Å². The fraction of sp³-hybridized carbons (Fsp3) is 0.280. The van der Waals surface area contributed by atoms with E-state index in [2.05, 4.69) is 15.0 Å². The predicted octanol–water partition coefficient (Wildman–Crippen LogP) is 3.48. The number of hydrogen-bond acceptors (Lipinski definition) is 8. The van der Waals surface area contributed by atoms with Crippen LogP contribution in [0.5, 0.6) is 5.75 Å². The molecule has 1 aromatic carbocycles. The number of aliphatic imine (C=N–C) groups is 1. The highest BCUT2D eigenvalue weighted by Crippen LogP contribution is 2.31. The van der Waals surface area contributed by atoms with Crippen molar-refractivity contribution in [1.29, 1.82) is 0 Å². The number of fused-ring (bicyclic) bond motifs is 1. The normalized spacial score (nSPS) is 18.0. The van der Waals surface area contributed by atoms with E-state index < -0.39 is 17.7 Å². The Labute approximate surface area is 196 Å². The second-order valence-electron chi connectivity index (χ2n) is 7.63. The minimum absolute atomic E-state index is 0.00293. The Morgan fingerprint density at radius 3 is 2.97 bits per heavy atom. The number of rotatable bonds is 8. The van der Waals surface area contributed by atoms with Gasteiger partial charge in [0.15, 0.2) is 11.7 Å². The molecule has 176 valence electrons. The van der Waals surface area contributed by atoms with E-state index in [0.29, 0.717) is 35.7 Å². The number of benzene rings is 1. The first-order valence-corrected chi connectivity index (χ1v) is 11.0. The molecule has 2 N–H and O–H groups in total. The summed E-state index contributed by atoms with van der Waals surface area (Å²) in [5.41, 5.74) is 2.68. The number of H-pyrrole nitrogens is 1. The number of nitrogens with zero attached hydrogens (tertiary/aromatic N) is 2. The molecule has 1 atom stereocenters. The number of aliphatic hydroxyl groups is 1. The highest BCUT2D eigenvalue weighted by atomic mass is 16.5. The van der Waals surface area contributed by atoms with Crippen LogP contribution in [-0.4, -0.2) is 52.5 Å². The van der Waals surface area contributed by atoms with Gasteiger partial charge in [0.25, 0.3) is 0 Å². The van der Waals surface area contributed by atoms with Crippen molar-refractivity contribution in [3.8, 4) is 5.75 Å². The van der Waals surface area contributed by atoms with E-state index in [0.717, 1.165) is 10.9 Å². The summed E-state index contributed by atoms with van der Waals surface area (Å²) < 4.78 is 16.5. The van der Waals surface area contributed by atoms with E-state index in [4.69, 9.17) is 19.3 Å². The highest BCUT2D eigenvalue weighted by Gasteiger charge is 2.44. The number of aromatic nitrogens is 2. The van der Waals surface area contributed by atoms with Gasteiger partial charge in [-0.15, -0.1) is 0 Å². The zero-order valence-electron chi connectivity index (χ0n) is 18.9. The summed E-state index contributed by atoms with van der Waals surface area (Å²) in [6.07, 6.45) is 5.49. The number of ether oxygens (including phenoxy) is 3. The lowest BCUT2D eigenvalue weighted by Gasteiger charge is -2.09. The molecule has 0 aliphatic carbocycles. The van der Waals surface area contributed by atoms with Crippen molar-refractivity contribution in [3.63, 3.8) is 0 Å².